The number of hydrogen-bond acceptors (Lipinski definition) is 3. The number of anilines is 2. The Bertz CT molecular complexity index is 741. The second kappa shape index (κ2) is 7.66. The van der Waals surface area contributed by atoms with Crippen molar-refractivity contribution in [2.75, 3.05) is 43.5 Å². The minimum atomic E-state index is -0.0975. The molecule has 1 heterocycles. The van der Waals surface area contributed by atoms with Gasteiger partial charge >= 0.3 is 6.03 Å². The lowest BCUT2D eigenvalue weighted by atomic mass is 10.2. The highest BCUT2D eigenvalue weighted by atomic mass is 35.5. The zero-order valence-corrected chi connectivity index (χ0v) is 15.2. The molecular formula is C19H22ClN3O2. The maximum absolute atomic E-state index is 12.6. The minimum Gasteiger partial charge on any atom is -0.495 e. The van der Waals surface area contributed by atoms with Gasteiger partial charge in [-0.25, -0.2) is 4.79 Å². The average Bonchev–Trinajstić information content (AvgIpc) is 2.63. The van der Waals surface area contributed by atoms with Gasteiger partial charge in [-0.15, -0.1) is 0 Å². The summed E-state index contributed by atoms with van der Waals surface area (Å²) in [6, 6.07) is 13.4. The second-order valence-electron chi connectivity index (χ2n) is 6.08. The van der Waals surface area contributed by atoms with Gasteiger partial charge in [-0.2, -0.15) is 0 Å². The van der Waals surface area contributed by atoms with Gasteiger partial charge in [-0.1, -0.05) is 17.7 Å². The number of methoxy groups -OCH3 is 1. The first-order valence-corrected chi connectivity index (χ1v) is 8.65. The van der Waals surface area contributed by atoms with Crippen LogP contribution in [0.4, 0.5) is 16.2 Å². The molecule has 3 rings (SSSR count). The van der Waals surface area contributed by atoms with Crippen LogP contribution in [0, 0.1) is 6.92 Å². The Morgan fingerprint density at radius 3 is 2.40 bits per heavy atom. The monoisotopic (exact) mass is 359 g/mol. The lowest BCUT2D eigenvalue weighted by Gasteiger charge is -2.36. The molecule has 1 saturated heterocycles. The molecule has 0 radical (unpaired) electrons. The summed E-state index contributed by atoms with van der Waals surface area (Å²) in [5.74, 6) is 0.666. The minimum absolute atomic E-state index is 0.0975. The Morgan fingerprint density at radius 2 is 1.76 bits per heavy atom. The van der Waals surface area contributed by atoms with Crippen LogP contribution in [0.1, 0.15) is 5.56 Å². The number of benzene rings is 2. The van der Waals surface area contributed by atoms with Crippen molar-refractivity contribution in [1.29, 1.82) is 0 Å². The van der Waals surface area contributed by atoms with Crippen LogP contribution in [-0.2, 0) is 0 Å². The van der Waals surface area contributed by atoms with Gasteiger partial charge in [0.05, 0.1) is 12.8 Å². The van der Waals surface area contributed by atoms with E-state index in [0.29, 0.717) is 24.5 Å². The van der Waals surface area contributed by atoms with Gasteiger partial charge in [-0.3, -0.25) is 0 Å². The van der Waals surface area contributed by atoms with Crippen LogP contribution in [0.2, 0.25) is 5.02 Å². The molecule has 1 fully saturated rings. The third-order valence-corrected chi connectivity index (χ3v) is 4.61. The number of rotatable bonds is 3. The smallest absolute Gasteiger partial charge is 0.322 e. The summed E-state index contributed by atoms with van der Waals surface area (Å²) < 4.78 is 5.32. The van der Waals surface area contributed by atoms with Crippen LogP contribution in [0.3, 0.4) is 0 Å². The predicted molar refractivity (Wildman–Crippen MR) is 102 cm³/mol. The molecule has 0 aromatic heterocycles. The summed E-state index contributed by atoms with van der Waals surface area (Å²) in [4.78, 5) is 16.6. The molecule has 2 amide bonds. The molecule has 0 bridgehead atoms. The number of amides is 2. The third-order valence-electron chi connectivity index (χ3n) is 4.36. The van der Waals surface area contributed by atoms with E-state index in [0.717, 1.165) is 29.4 Å². The molecule has 0 unspecified atom stereocenters. The number of ether oxygens (including phenoxy) is 1. The van der Waals surface area contributed by atoms with E-state index in [-0.39, 0.29) is 6.03 Å². The van der Waals surface area contributed by atoms with Crippen molar-refractivity contribution >= 4 is 29.0 Å². The van der Waals surface area contributed by atoms with Crippen LogP contribution < -0.4 is 15.0 Å². The summed E-state index contributed by atoms with van der Waals surface area (Å²) in [7, 11) is 1.60. The van der Waals surface area contributed by atoms with Crippen molar-refractivity contribution in [3.63, 3.8) is 0 Å². The Balaban J connectivity index is 1.60. The number of carbonyl (C=O) groups is 1. The quantitative estimate of drug-likeness (QED) is 0.900. The molecule has 6 heteroatoms. The molecule has 0 atom stereocenters. The Kier molecular flexibility index (Phi) is 5.34. The molecular weight excluding hydrogens is 338 g/mol. The van der Waals surface area contributed by atoms with Gasteiger partial charge in [0.15, 0.2) is 0 Å². The number of nitrogens with zero attached hydrogens (tertiary/aromatic N) is 2. The highest BCUT2D eigenvalue weighted by molar-refractivity contribution is 6.30. The highest BCUT2D eigenvalue weighted by Crippen LogP contribution is 2.26. The fraction of sp³-hybridized carbons (Fsp3) is 0.316. The summed E-state index contributed by atoms with van der Waals surface area (Å²) in [5.41, 5.74) is 2.90. The lowest BCUT2D eigenvalue weighted by Crippen LogP contribution is -2.50. The van der Waals surface area contributed by atoms with E-state index >= 15 is 0 Å². The zero-order chi connectivity index (χ0) is 17.8. The van der Waals surface area contributed by atoms with E-state index in [9.17, 15) is 4.79 Å². The number of nitrogens with one attached hydrogen (secondary N) is 1. The van der Waals surface area contributed by atoms with Gasteiger partial charge in [0.2, 0.25) is 0 Å². The second-order valence-corrected chi connectivity index (χ2v) is 6.52. The molecule has 1 aliphatic rings. The summed E-state index contributed by atoms with van der Waals surface area (Å²) in [5, 5.41) is 3.69. The summed E-state index contributed by atoms with van der Waals surface area (Å²) >= 11 is 5.94. The predicted octanol–water partition coefficient (Wildman–Crippen LogP) is 4.01. The molecule has 2 aromatic rings. The first kappa shape index (κ1) is 17.4. The Morgan fingerprint density at radius 1 is 1.08 bits per heavy atom. The van der Waals surface area contributed by atoms with Gasteiger partial charge in [0, 0.05) is 36.9 Å². The van der Waals surface area contributed by atoms with E-state index in [4.69, 9.17) is 16.3 Å². The third kappa shape index (κ3) is 4.17. The molecule has 0 spiro atoms. The van der Waals surface area contributed by atoms with Gasteiger partial charge < -0.3 is 19.9 Å². The largest absolute Gasteiger partial charge is 0.495 e. The average molecular weight is 360 g/mol. The van der Waals surface area contributed by atoms with E-state index in [1.165, 1.54) is 0 Å². The van der Waals surface area contributed by atoms with Crippen LogP contribution >= 0.6 is 11.6 Å². The fourth-order valence-electron chi connectivity index (χ4n) is 2.93. The number of urea groups is 1. The van der Waals surface area contributed by atoms with Crippen molar-refractivity contribution in [1.82, 2.24) is 4.90 Å². The topological polar surface area (TPSA) is 44.8 Å². The molecule has 2 aromatic carbocycles. The number of carbonyl (C=O) groups excluding carboxylic acids is 1. The maximum Gasteiger partial charge on any atom is 0.322 e. The van der Waals surface area contributed by atoms with Crippen molar-refractivity contribution < 1.29 is 9.53 Å². The van der Waals surface area contributed by atoms with Crippen molar-refractivity contribution in [3.8, 4) is 5.75 Å². The van der Waals surface area contributed by atoms with E-state index in [1.807, 2.05) is 54.3 Å². The number of halogens is 1. The molecule has 132 valence electrons. The van der Waals surface area contributed by atoms with Crippen LogP contribution in [0.5, 0.6) is 5.75 Å². The zero-order valence-electron chi connectivity index (χ0n) is 14.5. The molecule has 5 nitrogen and oxygen atoms in total. The Labute approximate surface area is 153 Å². The van der Waals surface area contributed by atoms with E-state index < -0.39 is 0 Å². The van der Waals surface area contributed by atoms with Gasteiger partial charge in [-0.05, 0) is 48.9 Å². The summed E-state index contributed by atoms with van der Waals surface area (Å²) in [6.07, 6.45) is 0. The maximum atomic E-state index is 12.6. The lowest BCUT2D eigenvalue weighted by molar-refractivity contribution is 0.208. The van der Waals surface area contributed by atoms with E-state index in [1.54, 1.807) is 7.11 Å². The van der Waals surface area contributed by atoms with Gasteiger partial charge in [0.25, 0.3) is 0 Å². The standard InChI is InChI=1S/C19H22ClN3O2/c1-14-3-8-18(25-2)17(13-14)21-19(24)23-11-9-22(10-12-23)16-6-4-15(20)5-7-16/h3-8,13H,9-12H2,1-2H3,(H,21,24). The molecule has 1 aliphatic heterocycles. The first-order valence-electron chi connectivity index (χ1n) is 8.28. The molecule has 0 aliphatic carbocycles. The Hall–Kier alpha value is -2.40. The SMILES string of the molecule is COc1ccc(C)cc1NC(=O)N1CCN(c2ccc(Cl)cc2)CC1. The molecule has 0 saturated carbocycles. The number of hydrogen-bond donors (Lipinski definition) is 1. The molecule has 1 N–H and O–H groups in total. The molecule has 25 heavy (non-hydrogen) atoms. The van der Waals surface area contributed by atoms with Crippen molar-refractivity contribution in [2.45, 2.75) is 6.92 Å². The van der Waals surface area contributed by atoms with Gasteiger partial charge in [0.1, 0.15) is 5.75 Å². The van der Waals surface area contributed by atoms with Crippen molar-refractivity contribution in [2.24, 2.45) is 0 Å². The van der Waals surface area contributed by atoms with E-state index in [2.05, 4.69) is 10.2 Å². The number of piperazine rings is 1. The van der Waals surface area contributed by atoms with Crippen molar-refractivity contribution in [3.05, 3.63) is 53.1 Å². The fourth-order valence-corrected chi connectivity index (χ4v) is 3.06. The number of aryl methyl sites for hydroxylation is 1. The first-order chi connectivity index (χ1) is 12.1. The highest BCUT2D eigenvalue weighted by Gasteiger charge is 2.22. The van der Waals surface area contributed by atoms with Crippen LogP contribution in [0.25, 0.3) is 0 Å². The van der Waals surface area contributed by atoms with Crippen LogP contribution in [-0.4, -0.2) is 44.2 Å². The van der Waals surface area contributed by atoms with Crippen LogP contribution in [0.15, 0.2) is 42.5 Å². The normalized spacial score (nSPS) is 14.4. The summed E-state index contributed by atoms with van der Waals surface area (Å²) in [6.45, 7) is 4.91.